The molecule has 1 saturated heterocycles. The Kier molecular flexibility index (Phi) is 5.68. The first-order chi connectivity index (χ1) is 17.3. The van der Waals surface area contributed by atoms with E-state index in [4.69, 9.17) is 4.74 Å². The van der Waals surface area contributed by atoms with E-state index in [9.17, 15) is 24.2 Å². The molecule has 1 amide bonds. The van der Waals surface area contributed by atoms with Crippen LogP contribution in [0.15, 0.2) is 66.2 Å². The third-order valence-corrected chi connectivity index (χ3v) is 6.01. The molecule has 1 aliphatic heterocycles. The maximum Gasteiger partial charge on any atom is 0.302 e. The van der Waals surface area contributed by atoms with Crippen molar-refractivity contribution in [2.75, 3.05) is 11.5 Å². The second-order valence-corrected chi connectivity index (χ2v) is 8.42. The van der Waals surface area contributed by atoms with E-state index in [0.717, 1.165) is 17.7 Å². The first-order valence-electron chi connectivity index (χ1n) is 11.3. The number of ketones is 1. The number of nitrogens with one attached hydrogen (secondary N) is 1. The minimum absolute atomic E-state index is 0.115. The van der Waals surface area contributed by atoms with Crippen molar-refractivity contribution in [2.45, 2.75) is 19.9 Å². The van der Waals surface area contributed by atoms with Gasteiger partial charge in [-0.05, 0) is 73.5 Å². The molecule has 182 valence electrons. The number of H-pyrrole nitrogens is 1. The molecule has 0 bridgehead atoms. The highest BCUT2D eigenvalue weighted by molar-refractivity contribution is 6.51. The van der Waals surface area contributed by atoms with Crippen LogP contribution in [0.3, 0.4) is 0 Å². The molecule has 8 nitrogen and oxygen atoms in total. The number of rotatable bonds is 5. The van der Waals surface area contributed by atoms with E-state index in [0.29, 0.717) is 16.6 Å². The number of amides is 1. The maximum absolute atomic E-state index is 13.5. The number of aromatic nitrogens is 2. The summed E-state index contributed by atoms with van der Waals surface area (Å²) in [6.45, 7) is 3.94. The van der Waals surface area contributed by atoms with Gasteiger partial charge in [-0.25, -0.2) is 9.37 Å². The first kappa shape index (κ1) is 23.1. The molecular formula is C27H22FN3O5. The van der Waals surface area contributed by atoms with Crippen LogP contribution in [0.4, 0.5) is 10.3 Å². The van der Waals surface area contributed by atoms with Gasteiger partial charge in [0.05, 0.1) is 29.3 Å². The fourth-order valence-corrected chi connectivity index (χ4v) is 4.33. The summed E-state index contributed by atoms with van der Waals surface area (Å²) in [5, 5.41) is 21.4. The van der Waals surface area contributed by atoms with Crippen LogP contribution >= 0.6 is 0 Å². The molecule has 0 radical (unpaired) electrons. The van der Waals surface area contributed by atoms with E-state index >= 15 is 0 Å². The molecule has 3 aromatic carbocycles. The standard InChI is InChI=1S/C27H22FN3O5/c1-3-36-21-13-16(7-11-20(21)32)23-22(24(33)15-5-8-17(28)9-6-15)25(34)26(35)31(23)27-29-18-10-4-14(2)12-19(18)30-27/h4-13,23,32-33H,3H2,1-2H3,(H,29,30)/b24-22+. The summed E-state index contributed by atoms with van der Waals surface area (Å²) in [7, 11) is 0. The Hall–Kier alpha value is -4.66. The number of aliphatic hydroxyl groups is 1. The largest absolute Gasteiger partial charge is 0.507 e. The highest BCUT2D eigenvalue weighted by Crippen LogP contribution is 2.43. The van der Waals surface area contributed by atoms with E-state index in [-0.39, 0.29) is 35.2 Å². The topological polar surface area (TPSA) is 116 Å². The van der Waals surface area contributed by atoms with Crippen molar-refractivity contribution >= 4 is 34.4 Å². The zero-order valence-electron chi connectivity index (χ0n) is 19.4. The lowest BCUT2D eigenvalue weighted by atomic mass is 9.95. The van der Waals surface area contributed by atoms with Gasteiger partial charge >= 0.3 is 5.91 Å². The average molecular weight is 487 g/mol. The van der Waals surface area contributed by atoms with Crippen molar-refractivity contribution in [1.82, 2.24) is 9.97 Å². The van der Waals surface area contributed by atoms with E-state index in [1.807, 2.05) is 19.1 Å². The molecule has 1 unspecified atom stereocenters. The minimum Gasteiger partial charge on any atom is -0.507 e. The Morgan fingerprint density at radius 1 is 1.11 bits per heavy atom. The van der Waals surface area contributed by atoms with Crippen LogP contribution in [0.5, 0.6) is 11.5 Å². The van der Waals surface area contributed by atoms with Gasteiger partial charge in [0.1, 0.15) is 11.6 Å². The van der Waals surface area contributed by atoms with E-state index in [1.165, 1.54) is 35.2 Å². The molecule has 0 saturated carbocycles. The van der Waals surface area contributed by atoms with Crippen molar-refractivity contribution in [3.8, 4) is 11.5 Å². The Balaban J connectivity index is 1.74. The molecule has 5 rings (SSSR count). The number of phenolic OH excluding ortho intramolecular Hbond substituents is 1. The van der Waals surface area contributed by atoms with Gasteiger partial charge in [-0.2, -0.15) is 0 Å². The Labute approximate surface area is 205 Å². The zero-order chi connectivity index (χ0) is 25.6. The van der Waals surface area contributed by atoms with Crippen molar-refractivity contribution in [3.05, 3.63) is 88.7 Å². The number of imidazole rings is 1. The fraction of sp³-hybridized carbons (Fsp3) is 0.148. The quantitative estimate of drug-likeness (QED) is 0.213. The molecule has 4 aromatic rings. The van der Waals surface area contributed by atoms with Crippen LogP contribution < -0.4 is 9.64 Å². The van der Waals surface area contributed by atoms with E-state index in [1.54, 1.807) is 13.0 Å². The Morgan fingerprint density at radius 3 is 2.58 bits per heavy atom. The number of Topliss-reactive ketones (excluding diaryl/α,β-unsaturated/α-hetero) is 1. The number of hydrogen-bond acceptors (Lipinski definition) is 6. The minimum atomic E-state index is -1.10. The number of hydrogen-bond donors (Lipinski definition) is 3. The first-order valence-corrected chi connectivity index (χ1v) is 11.3. The molecule has 1 aromatic heterocycles. The number of nitrogens with zero attached hydrogens (tertiary/aromatic N) is 2. The summed E-state index contributed by atoms with van der Waals surface area (Å²) in [6.07, 6.45) is 0. The summed E-state index contributed by atoms with van der Waals surface area (Å²) in [4.78, 5) is 35.4. The highest BCUT2D eigenvalue weighted by atomic mass is 19.1. The smallest absolute Gasteiger partial charge is 0.302 e. The highest BCUT2D eigenvalue weighted by Gasteiger charge is 2.48. The fourth-order valence-electron chi connectivity index (χ4n) is 4.33. The van der Waals surface area contributed by atoms with Crippen LogP contribution in [-0.2, 0) is 9.59 Å². The Morgan fingerprint density at radius 2 is 1.86 bits per heavy atom. The van der Waals surface area contributed by atoms with E-state index in [2.05, 4.69) is 9.97 Å². The molecule has 0 spiro atoms. The molecule has 36 heavy (non-hydrogen) atoms. The number of carbonyl (C=O) groups is 2. The lowest BCUT2D eigenvalue weighted by Gasteiger charge is -2.23. The summed E-state index contributed by atoms with van der Waals surface area (Å²) in [5.74, 6) is -2.64. The van der Waals surface area contributed by atoms with Gasteiger partial charge in [-0.1, -0.05) is 12.1 Å². The van der Waals surface area contributed by atoms with Crippen molar-refractivity contribution in [1.29, 1.82) is 0 Å². The molecule has 0 aliphatic carbocycles. The zero-order valence-corrected chi connectivity index (χ0v) is 19.4. The predicted octanol–water partition coefficient (Wildman–Crippen LogP) is 4.74. The normalized spacial score (nSPS) is 17.2. The van der Waals surface area contributed by atoms with Gasteiger partial charge in [0.15, 0.2) is 11.5 Å². The lowest BCUT2D eigenvalue weighted by molar-refractivity contribution is -0.132. The predicted molar refractivity (Wildman–Crippen MR) is 131 cm³/mol. The summed E-state index contributed by atoms with van der Waals surface area (Å²) in [5.41, 5.74) is 2.61. The summed E-state index contributed by atoms with van der Waals surface area (Å²) in [6, 6.07) is 13.8. The van der Waals surface area contributed by atoms with Crippen molar-refractivity contribution in [3.63, 3.8) is 0 Å². The number of ether oxygens (including phenoxy) is 1. The van der Waals surface area contributed by atoms with Gasteiger partial charge in [-0.15, -0.1) is 0 Å². The van der Waals surface area contributed by atoms with Gasteiger partial charge in [0, 0.05) is 5.56 Å². The molecule has 1 fully saturated rings. The molecule has 3 N–H and O–H groups in total. The van der Waals surface area contributed by atoms with Gasteiger partial charge in [0.25, 0.3) is 5.78 Å². The number of aliphatic hydroxyl groups excluding tert-OH is 1. The third kappa shape index (κ3) is 3.84. The van der Waals surface area contributed by atoms with Crippen molar-refractivity contribution < 1.29 is 28.9 Å². The van der Waals surface area contributed by atoms with Crippen LogP contribution in [0.1, 0.15) is 29.7 Å². The molecular weight excluding hydrogens is 465 g/mol. The van der Waals surface area contributed by atoms with Crippen LogP contribution in [0.25, 0.3) is 16.8 Å². The number of anilines is 1. The monoisotopic (exact) mass is 487 g/mol. The van der Waals surface area contributed by atoms with Crippen LogP contribution in [-0.4, -0.2) is 38.5 Å². The third-order valence-electron chi connectivity index (χ3n) is 6.01. The molecule has 1 aliphatic rings. The summed E-state index contributed by atoms with van der Waals surface area (Å²) < 4.78 is 19.0. The number of fused-ring (bicyclic) bond motifs is 1. The summed E-state index contributed by atoms with van der Waals surface area (Å²) >= 11 is 0. The Bertz CT molecular complexity index is 1540. The maximum atomic E-state index is 13.5. The second-order valence-electron chi connectivity index (χ2n) is 8.42. The molecule has 1 atom stereocenters. The molecule has 2 heterocycles. The van der Waals surface area contributed by atoms with E-state index < -0.39 is 29.3 Å². The number of aromatic amines is 1. The van der Waals surface area contributed by atoms with Gasteiger partial charge in [-0.3, -0.25) is 14.5 Å². The number of aromatic hydroxyl groups is 1. The average Bonchev–Trinajstić information content (AvgIpc) is 3.38. The van der Waals surface area contributed by atoms with Crippen LogP contribution in [0.2, 0.25) is 0 Å². The second kappa shape index (κ2) is 8.84. The van der Waals surface area contributed by atoms with Gasteiger partial charge < -0.3 is 19.9 Å². The number of benzene rings is 3. The number of halogens is 1. The van der Waals surface area contributed by atoms with Gasteiger partial charge in [0.2, 0.25) is 5.95 Å². The SMILES string of the molecule is CCOc1cc(C2/C(=C(\O)c3ccc(F)cc3)C(=O)C(=O)N2c2nc3ccc(C)cc3[nH]2)ccc1O. The van der Waals surface area contributed by atoms with Crippen molar-refractivity contribution in [2.24, 2.45) is 0 Å². The number of phenols is 1. The number of aryl methyl sites for hydroxylation is 1. The number of carbonyl (C=O) groups excluding carboxylic acids is 2. The molecule has 9 heteroatoms. The lowest BCUT2D eigenvalue weighted by Crippen LogP contribution is -2.30. The van der Waals surface area contributed by atoms with Crippen LogP contribution in [0, 0.1) is 12.7 Å².